The van der Waals surface area contributed by atoms with Gasteiger partial charge < -0.3 is 10.0 Å². The van der Waals surface area contributed by atoms with Crippen LogP contribution in [0.3, 0.4) is 0 Å². The zero-order chi connectivity index (χ0) is 12.6. The Kier molecular flexibility index (Phi) is 3.43. The lowest BCUT2D eigenvalue weighted by atomic mass is 9.67. The third-order valence-electron chi connectivity index (χ3n) is 4.65. The number of rotatable bonds is 4. The Labute approximate surface area is 113 Å². The van der Waals surface area contributed by atoms with Gasteiger partial charge in [0.15, 0.2) is 0 Å². The molecular weight excluding hydrogens is 244 g/mol. The van der Waals surface area contributed by atoms with Crippen molar-refractivity contribution in [1.29, 1.82) is 0 Å². The van der Waals surface area contributed by atoms with Gasteiger partial charge in [0.25, 0.3) is 0 Å². The summed E-state index contributed by atoms with van der Waals surface area (Å²) < 4.78 is 0. The smallest absolute Gasteiger partial charge is 0.0934 e. The largest absolute Gasteiger partial charge is 0.396 e. The third kappa shape index (κ3) is 2.33. The minimum atomic E-state index is 0.168. The monoisotopic (exact) mass is 266 g/mol. The summed E-state index contributed by atoms with van der Waals surface area (Å²) in [7, 11) is 2.18. The average molecular weight is 266 g/mol. The molecule has 1 aromatic rings. The van der Waals surface area contributed by atoms with Crippen LogP contribution in [0.25, 0.3) is 0 Å². The summed E-state index contributed by atoms with van der Waals surface area (Å²) in [5.74, 6) is 0.631. The molecule has 0 aromatic carbocycles. The molecule has 0 spiro atoms. The molecule has 4 heteroatoms. The normalized spacial score (nSPS) is 27.3. The van der Waals surface area contributed by atoms with E-state index in [-0.39, 0.29) is 5.41 Å². The molecule has 100 valence electrons. The fraction of sp³-hybridized carbons (Fsp3) is 0.786. The molecule has 18 heavy (non-hydrogen) atoms. The summed E-state index contributed by atoms with van der Waals surface area (Å²) in [4.78, 5) is 7.20. The second-order valence-corrected chi connectivity index (χ2v) is 7.05. The molecule has 3 rings (SSSR count). The molecule has 2 fully saturated rings. The molecule has 0 bridgehead atoms. The first-order valence-corrected chi connectivity index (χ1v) is 7.82. The van der Waals surface area contributed by atoms with E-state index in [0.717, 1.165) is 13.0 Å². The van der Waals surface area contributed by atoms with Crippen LogP contribution in [-0.2, 0) is 6.42 Å². The summed E-state index contributed by atoms with van der Waals surface area (Å²) in [6.45, 7) is 2.67. The summed E-state index contributed by atoms with van der Waals surface area (Å²) in [5, 5.41) is 13.0. The summed E-state index contributed by atoms with van der Waals surface area (Å²) >= 11 is 1.79. The highest BCUT2D eigenvalue weighted by Gasteiger charge is 2.37. The zero-order valence-corrected chi connectivity index (χ0v) is 11.9. The first-order chi connectivity index (χ1) is 8.71. The van der Waals surface area contributed by atoms with E-state index in [1.165, 1.54) is 42.9 Å². The molecule has 1 aromatic heterocycles. The van der Waals surface area contributed by atoms with Gasteiger partial charge in [-0.1, -0.05) is 6.42 Å². The van der Waals surface area contributed by atoms with Crippen LogP contribution in [0.4, 0.5) is 0 Å². The predicted octanol–water partition coefficient (Wildman–Crippen LogP) is 2.27. The number of aromatic nitrogens is 1. The maximum absolute atomic E-state index is 9.52. The van der Waals surface area contributed by atoms with Crippen molar-refractivity contribution in [2.75, 3.05) is 26.7 Å². The van der Waals surface area contributed by atoms with E-state index in [1.807, 2.05) is 0 Å². The van der Waals surface area contributed by atoms with Crippen LogP contribution in [0.5, 0.6) is 0 Å². The van der Waals surface area contributed by atoms with Crippen LogP contribution in [-0.4, -0.2) is 41.7 Å². The van der Waals surface area contributed by atoms with Crippen LogP contribution in [0.1, 0.15) is 42.3 Å². The Morgan fingerprint density at radius 1 is 1.56 bits per heavy atom. The van der Waals surface area contributed by atoms with Crippen LogP contribution >= 0.6 is 11.3 Å². The Bertz CT molecular complexity index is 408. The molecule has 0 radical (unpaired) electrons. The molecule has 3 nitrogen and oxygen atoms in total. The van der Waals surface area contributed by atoms with E-state index in [2.05, 4.69) is 17.3 Å². The minimum absolute atomic E-state index is 0.168. The highest BCUT2D eigenvalue weighted by atomic mass is 32.1. The fourth-order valence-electron chi connectivity index (χ4n) is 3.16. The summed E-state index contributed by atoms with van der Waals surface area (Å²) in [6.07, 6.45) is 5.84. The summed E-state index contributed by atoms with van der Waals surface area (Å²) in [5.41, 5.74) is 1.45. The molecule has 1 saturated heterocycles. The summed E-state index contributed by atoms with van der Waals surface area (Å²) in [6, 6.07) is 0. The Morgan fingerprint density at radius 3 is 2.94 bits per heavy atom. The van der Waals surface area contributed by atoms with Gasteiger partial charge in [0, 0.05) is 30.9 Å². The van der Waals surface area contributed by atoms with Crippen molar-refractivity contribution in [1.82, 2.24) is 9.88 Å². The lowest BCUT2D eigenvalue weighted by molar-refractivity contribution is 0.0449. The molecule has 2 aliphatic rings. The van der Waals surface area contributed by atoms with Gasteiger partial charge in [0.05, 0.1) is 10.7 Å². The maximum Gasteiger partial charge on any atom is 0.0934 e. The van der Waals surface area contributed by atoms with Gasteiger partial charge in [0.2, 0.25) is 0 Å². The van der Waals surface area contributed by atoms with Crippen molar-refractivity contribution < 1.29 is 5.11 Å². The number of nitrogens with zero attached hydrogens (tertiary/aromatic N) is 2. The molecule has 1 atom stereocenters. The van der Waals surface area contributed by atoms with E-state index in [4.69, 9.17) is 4.98 Å². The molecule has 1 unspecified atom stereocenters. The van der Waals surface area contributed by atoms with Gasteiger partial charge in [-0.2, -0.15) is 0 Å². The van der Waals surface area contributed by atoms with Crippen molar-refractivity contribution in [3.05, 3.63) is 16.1 Å². The SMILES string of the molecule is CN1CCC(c2csc(CC3(CO)CCC3)n2)C1. The van der Waals surface area contributed by atoms with Crippen LogP contribution < -0.4 is 0 Å². The molecule has 1 N–H and O–H groups in total. The second-order valence-electron chi connectivity index (χ2n) is 6.10. The standard InChI is InChI=1S/C14H22N2OS/c1-16-6-3-11(8-16)12-9-18-13(15-12)7-14(10-17)4-2-5-14/h9,11,17H,2-8,10H2,1H3. The highest BCUT2D eigenvalue weighted by molar-refractivity contribution is 7.09. The van der Waals surface area contributed by atoms with Gasteiger partial charge in [0.1, 0.15) is 0 Å². The van der Waals surface area contributed by atoms with E-state index >= 15 is 0 Å². The van der Waals surface area contributed by atoms with Crippen molar-refractivity contribution in [3.63, 3.8) is 0 Å². The van der Waals surface area contributed by atoms with Crippen molar-refractivity contribution >= 4 is 11.3 Å². The van der Waals surface area contributed by atoms with Gasteiger partial charge in [-0.3, -0.25) is 0 Å². The van der Waals surface area contributed by atoms with E-state index in [0.29, 0.717) is 12.5 Å². The van der Waals surface area contributed by atoms with Crippen molar-refractivity contribution in [3.8, 4) is 0 Å². The van der Waals surface area contributed by atoms with E-state index in [1.54, 1.807) is 11.3 Å². The molecule has 1 saturated carbocycles. The molecule has 2 heterocycles. The van der Waals surface area contributed by atoms with Crippen LogP contribution in [0.2, 0.25) is 0 Å². The second kappa shape index (κ2) is 4.91. The third-order valence-corrected chi connectivity index (χ3v) is 5.52. The molecule has 1 aliphatic heterocycles. The lowest BCUT2D eigenvalue weighted by Crippen LogP contribution is -2.35. The van der Waals surface area contributed by atoms with Gasteiger partial charge in [-0.25, -0.2) is 4.98 Å². The quantitative estimate of drug-likeness (QED) is 0.908. The Morgan fingerprint density at radius 2 is 2.39 bits per heavy atom. The number of thiazole rings is 1. The number of aliphatic hydroxyl groups excluding tert-OH is 1. The fourth-order valence-corrected chi connectivity index (χ4v) is 4.21. The predicted molar refractivity (Wildman–Crippen MR) is 74.0 cm³/mol. The first kappa shape index (κ1) is 12.6. The number of hydrogen-bond donors (Lipinski definition) is 1. The molecule has 1 aliphatic carbocycles. The topological polar surface area (TPSA) is 36.4 Å². The van der Waals surface area contributed by atoms with Gasteiger partial charge in [-0.05, 0) is 38.3 Å². The molecular formula is C14H22N2OS. The van der Waals surface area contributed by atoms with E-state index in [9.17, 15) is 5.11 Å². The Balaban J connectivity index is 1.66. The average Bonchev–Trinajstić information content (AvgIpc) is 2.92. The van der Waals surface area contributed by atoms with Crippen molar-refractivity contribution in [2.24, 2.45) is 5.41 Å². The van der Waals surface area contributed by atoms with Crippen LogP contribution in [0, 0.1) is 5.41 Å². The Hall–Kier alpha value is -0.450. The molecule has 0 amide bonds. The maximum atomic E-state index is 9.52. The van der Waals surface area contributed by atoms with Crippen LogP contribution in [0.15, 0.2) is 5.38 Å². The van der Waals surface area contributed by atoms with Gasteiger partial charge >= 0.3 is 0 Å². The minimum Gasteiger partial charge on any atom is -0.396 e. The zero-order valence-electron chi connectivity index (χ0n) is 11.1. The number of likely N-dealkylation sites (N-methyl/N-ethyl adjacent to an activating group) is 1. The van der Waals surface area contributed by atoms with E-state index < -0.39 is 0 Å². The number of aliphatic hydroxyl groups is 1. The van der Waals surface area contributed by atoms with Gasteiger partial charge in [-0.15, -0.1) is 11.3 Å². The number of hydrogen-bond acceptors (Lipinski definition) is 4. The highest BCUT2D eigenvalue weighted by Crippen LogP contribution is 2.43. The number of likely N-dealkylation sites (tertiary alicyclic amines) is 1. The first-order valence-electron chi connectivity index (χ1n) is 6.94. The van der Waals surface area contributed by atoms with Crippen molar-refractivity contribution in [2.45, 2.75) is 38.0 Å². The lowest BCUT2D eigenvalue weighted by Gasteiger charge is -2.39.